The van der Waals surface area contributed by atoms with Gasteiger partial charge in [0.15, 0.2) is 4.80 Å². The molecule has 0 radical (unpaired) electrons. The zero-order chi connectivity index (χ0) is 21.8. The number of benzene rings is 2. The van der Waals surface area contributed by atoms with Gasteiger partial charge in [-0.2, -0.15) is 0 Å². The molecule has 0 aliphatic carbocycles. The molecule has 2 aliphatic rings. The summed E-state index contributed by atoms with van der Waals surface area (Å²) in [4.78, 5) is 31.5. The number of para-hydroxylation sites is 1. The van der Waals surface area contributed by atoms with Crippen LogP contribution >= 0.6 is 11.3 Å². The van der Waals surface area contributed by atoms with E-state index in [9.17, 15) is 9.59 Å². The van der Waals surface area contributed by atoms with Gasteiger partial charge in [0.1, 0.15) is 17.4 Å². The number of carbonyl (C=O) groups excluding carboxylic acids is 1. The van der Waals surface area contributed by atoms with Gasteiger partial charge in [0.05, 0.1) is 24.8 Å². The topological polar surface area (TPSA) is 79.1 Å². The standard InChI is InChI=1S/C23H20N2O5S/c1-23-18(21(27)29-3)19(15-9-4-5-10-16(15)30-23)25-20(26)17(31-22(25)24-23)12-13-7-6-8-14(11-13)28-2/h4-12,18-19H,1-3H3/t18?,19?,23-/m1/s1. The van der Waals surface area contributed by atoms with Crippen molar-refractivity contribution >= 4 is 23.4 Å². The molecule has 2 unspecified atom stereocenters. The van der Waals surface area contributed by atoms with Crippen LogP contribution in [0.1, 0.15) is 24.1 Å². The zero-order valence-electron chi connectivity index (χ0n) is 17.2. The van der Waals surface area contributed by atoms with Crippen molar-refractivity contribution in [1.82, 2.24) is 4.57 Å². The number of esters is 1. The molecule has 0 amide bonds. The highest BCUT2D eigenvalue weighted by molar-refractivity contribution is 7.07. The lowest BCUT2D eigenvalue weighted by Crippen LogP contribution is -2.58. The van der Waals surface area contributed by atoms with Gasteiger partial charge < -0.3 is 14.2 Å². The third-order valence-corrected chi connectivity index (χ3v) is 6.71. The van der Waals surface area contributed by atoms with Gasteiger partial charge in [-0.15, -0.1) is 0 Å². The van der Waals surface area contributed by atoms with Gasteiger partial charge >= 0.3 is 5.97 Å². The molecule has 31 heavy (non-hydrogen) atoms. The van der Waals surface area contributed by atoms with Crippen LogP contribution in [0.15, 0.2) is 58.3 Å². The number of fused-ring (bicyclic) bond motifs is 6. The Morgan fingerprint density at radius 2 is 2.03 bits per heavy atom. The minimum absolute atomic E-state index is 0.204. The highest BCUT2D eigenvalue weighted by Gasteiger charge is 2.55. The molecule has 3 aromatic rings. The fraction of sp³-hybridized carbons (Fsp3) is 0.261. The summed E-state index contributed by atoms with van der Waals surface area (Å²) in [5, 5.41) is 0. The van der Waals surface area contributed by atoms with Crippen LogP contribution in [0.5, 0.6) is 11.5 Å². The first-order valence-corrected chi connectivity index (χ1v) is 10.6. The number of rotatable bonds is 3. The second-order valence-electron chi connectivity index (χ2n) is 7.60. The quantitative estimate of drug-likeness (QED) is 0.586. The molecule has 0 saturated carbocycles. The molecule has 3 atom stereocenters. The van der Waals surface area contributed by atoms with Crippen LogP contribution in [0.2, 0.25) is 0 Å². The molecule has 2 aliphatic heterocycles. The Bertz CT molecular complexity index is 1380. The highest BCUT2D eigenvalue weighted by atomic mass is 32.1. The predicted octanol–water partition coefficient (Wildman–Crippen LogP) is 1.87. The van der Waals surface area contributed by atoms with Gasteiger partial charge in [-0.3, -0.25) is 14.2 Å². The maximum Gasteiger partial charge on any atom is 0.317 e. The summed E-state index contributed by atoms with van der Waals surface area (Å²) in [6.07, 6.45) is 1.81. The Hall–Kier alpha value is -3.39. The van der Waals surface area contributed by atoms with Crippen LogP contribution in [0.25, 0.3) is 6.08 Å². The molecule has 0 saturated heterocycles. The number of aromatic nitrogens is 1. The maximum absolute atomic E-state index is 13.5. The lowest BCUT2D eigenvalue weighted by molar-refractivity contribution is -0.158. The molecule has 0 N–H and O–H groups in total. The fourth-order valence-electron chi connectivity index (χ4n) is 4.31. The molecular weight excluding hydrogens is 416 g/mol. The molecular formula is C23H20N2O5S. The minimum atomic E-state index is -1.17. The third kappa shape index (κ3) is 2.97. The SMILES string of the molecule is COC(=O)C1C2c3ccccc3O[C@@]1(C)N=c1sc(=Cc3cccc(OC)c3)c(=O)n12. The molecule has 0 spiro atoms. The molecule has 158 valence electrons. The largest absolute Gasteiger partial charge is 0.497 e. The normalized spacial score (nSPS) is 23.8. The van der Waals surface area contributed by atoms with E-state index in [4.69, 9.17) is 19.2 Å². The van der Waals surface area contributed by atoms with E-state index < -0.39 is 23.7 Å². The lowest BCUT2D eigenvalue weighted by atomic mass is 9.81. The van der Waals surface area contributed by atoms with Gasteiger partial charge in [0.2, 0.25) is 5.72 Å². The Labute approximate surface area is 181 Å². The molecule has 3 heterocycles. The van der Waals surface area contributed by atoms with Crippen molar-refractivity contribution in [3.05, 3.63) is 79.3 Å². The van der Waals surface area contributed by atoms with Crippen LogP contribution in [-0.4, -0.2) is 30.5 Å². The zero-order valence-corrected chi connectivity index (χ0v) is 18.0. The summed E-state index contributed by atoms with van der Waals surface area (Å²) in [7, 11) is 2.93. The molecule has 2 aromatic carbocycles. The summed E-state index contributed by atoms with van der Waals surface area (Å²) in [5.74, 6) is 0.0713. The number of hydrogen-bond acceptors (Lipinski definition) is 7. The Balaban J connectivity index is 1.77. The fourth-order valence-corrected chi connectivity index (χ4v) is 5.41. The number of hydrogen-bond donors (Lipinski definition) is 0. The molecule has 0 fully saturated rings. The minimum Gasteiger partial charge on any atom is -0.497 e. The Morgan fingerprint density at radius 3 is 2.81 bits per heavy atom. The van der Waals surface area contributed by atoms with Crippen molar-refractivity contribution in [1.29, 1.82) is 0 Å². The molecule has 8 heteroatoms. The first-order valence-electron chi connectivity index (χ1n) is 9.78. The summed E-state index contributed by atoms with van der Waals surface area (Å²) in [6, 6.07) is 14.3. The smallest absolute Gasteiger partial charge is 0.317 e. The van der Waals surface area contributed by atoms with Crippen molar-refractivity contribution < 1.29 is 19.0 Å². The van der Waals surface area contributed by atoms with E-state index in [1.54, 1.807) is 18.6 Å². The average molecular weight is 436 g/mol. The van der Waals surface area contributed by atoms with Crippen molar-refractivity contribution in [2.75, 3.05) is 14.2 Å². The number of ether oxygens (including phenoxy) is 3. The number of methoxy groups -OCH3 is 2. The van der Waals surface area contributed by atoms with Crippen LogP contribution in [0.3, 0.4) is 0 Å². The van der Waals surface area contributed by atoms with Crippen LogP contribution < -0.4 is 24.4 Å². The lowest BCUT2D eigenvalue weighted by Gasteiger charge is -2.44. The van der Waals surface area contributed by atoms with Gasteiger partial charge in [-0.1, -0.05) is 41.7 Å². The second kappa shape index (κ2) is 7.09. The van der Waals surface area contributed by atoms with Gasteiger partial charge in [0, 0.05) is 5.56 Å². The van der Waals surface area contributed by atoms with Crippen LogP contribution in [-0.2, 0) is 9.53 Å². The van der Waals surface area contributed by atoms with Crippen molar-refractivity contribution in [3.63, 3.8) is 0 Å². The molecule has 2 bridgehead atoms. The average Bonchev–Trinajstić information content (AvgIpc) is 3.06. The van der Waals surface area contributed by atoms with Crippen molar-refractivity contribution in [3.8, 4) is 11.5 Å². The Morgan fingerprint density at radius 1 is 1.23 bits per heavy atom. The molecule has 5 rings (SSSR count). The van der Waals surface area contributed by atoms with Crippen molar-refractivity contribution in [2.45, 2.75) is 18.7 Å². The predicted molar refractivity (Wildman–Crippen MR) is 115 cm³/mol. The first kappa shape index (κ1) is 19.6. The van der Waals surface area contributed by atoms with E-state index in [0.717, 1.165) is 11.1 Å². The van der Waals surface area contributed by atoms with Crippen molar-refractivity contribution in [2.24, 2.45) is 10.9 Å². The Kier molecular flexibility index (Phi) is 4.48. The van der Waals surface area contributed by atoms with Gasteiger partial charge in [0.25, 0.3) is 5.56 Å². The van der Waals surface area contributed by atoms with E-state index in [1.807, 2.05) is 54.6 Å². The maximum atomic E-state index is 13.5. The second-order valence-corrected chi connectivity index (χ2v) is 8.61. The summed E-state index contributed by atoms with van der Waals surface area (Å²) in [5.41, 5.74) is 0.228. The van der Waals surface area contributed by atoms with Gasteiger partial charge in [-0.25, -0.2) is 4.99 Å². The van der Waals surface area contributed by atoms with Gasteiger partial charge in [-0.05, 0) is 36.8 Å². The number of carbonyl (C=O) groups is 1. The highest BCUT2D eigenvalue weighted by Crippen LogP contribution is 2.47. The first-order chi connectivity index (χ1) is 14.9. The van der Waals surface area contributed by atoms with E-state index >= 15 is 0 Å². The summed E-state index contributed by atoms with van der Waals surface area (Å²) < 4.78 is 18.6. The molecule has 1 aromatic heterocycles. The monoisotopic (exact) mass is 436 g/mol. The molecule has 7 nitrogen and oxygen atoms in total. The van der Waals surface area contributed by atoms with Crippen LogP contribution in [0, 0.1) is 5.92 Å². The number of thiazole rings is 1. The summed E-state index contributed by atoms with van der Waals surface area (Å²) in [6.45, 7) is 1.76. The van der Waals surface area contributed by atoms with Crippen LogP contribution in [0.4, 0.5) is 0 Å². The summed E-state index contributed by atoms with van der Waals surface area (Å²) >= 11 is 1.28. The van der Waals surface area contributed by atoms with E-state index in [2.05, 4.69) is 0 Å². The third-order valence-electron chi connectivity index (χ3n) is 5.73. The van der Waals surface area contributed by atoms with E-state index in [0.29, 0.717) is 20.8 Å². The van der Waals surface area contributed by atoms with E-state index in [1.165, 1.54) is 18.4 Å². The van der Waals surface area contributed by atoms with E-state index in [-0.39, 0.29) is 5.56 Å². The number of nitrogens with zero attached hydrogens (tertiary/aromatic N) is 2.